The molecule has 2 heterocycles. The van der Waals surface area contributed by atoms with Crippen molar-refractivity contribution >= 4 is 24.6 Å². The summed E-state index contributed by atoms with van der Waals surface area (Å²) in [5.74, 6) is 0.540. The lowest BCUT2D eigenvalue weighted by molar-refractivity contribution is -0.138. The van der Waals surface area contributed by atoms with E-state index < -0.39 is 11.7 Å². The van der Waals surface area contributed by atoms with Crippen LogP contribution in [0.2, 0.25) is 0 Å². The molecule has 0 N–H and O–H groups in total. The van der Waals surface area contributed by atoms with Crippen LogP contribution < -0.4 is 4.90 Å². The van der Waals surface area contributed by atoms with Crippen molar-refractivity contribution in [2.75, 3.05) is 18.0 Å². The largest absolute Gasteiger partial charge is 0.419 e. The van der Waals surface area contributed by atoms with Gasteiger partial charge in [0, 0.05) is 37.8 Å². The second-order valence-electron chi connectivity index (χ2n) is 3.94. The molecular weight excluding hydrogens is 271 g/mol. The van der Waals surface area contributed by atoms with Crippen LogP contribution in [0.5, 0.6) is 0 Å². The minimum Gasteiger partial charge on any atom is -0.340 e. The molecule has 0 atom stereocenters. The Labute approximate surface area is 108 Å². The zero-order valence-electron chi connectivity index (χ0n) is 9.22. The molecule has 0 radical (unpaired) electrons. The molecule has 0 aliphatic carbocycles. The van der Waals surface area contributed by atoms with Gasteiger partial charge in [0.15, 0.2) is 0 Å². The summed E-state index contributed by atoms with van der Waals surface area (Å²) in [5.41, 5.74) is -0.855. The van der Waals surface area contributed by atoms with Crippen molar-refractivity contribution in [3.8, 4) is 0 Å². The summed E-state index contributed by atoms with van der Waals surface area (Å²) in [7, 11) is 0. The molecular formula is C10H11ClF3N3O. The topological polar surface area (TPSA) is 46.1 Å². The molecule has 1 aromatic heterocycles. The maximum atomic E-state index is 12.2. The highest BCUT2D eigenvalue weighted by molar-refractivity contribution is 5.85. The lowest BCUT2D eigenvalue weighted by Gasteiger charge is -2.38. The predicted molar refractivity (Wildman–Crippen MR) is 60.7 cm³/mol. The molecule has 0 saturated carbocycles. The first-order valence-electron chi connectivity index (χ1n) is 5.08. The zero-order chi connectivity index (χ0) is 12.5. The number of aromatic nitrogens is 2. The summed E-state index contributed by atoms with van der Waals surface area (Å²) in [6, 6.07) is 0. The SMILES string of the molecule is Cl.O=CCC1CN(c2ncc(C(F)(F)F)cn2)C1. The fourth-order valence-electron chi connectivity index (χ4n) is 1.65. The molecule has 0 amide bonds. The Morgan fingerprint density at radius 1 is 1.33 bits per heavy atom. The first-order chi connectivity index (χ1) is 8.00. The third kappa shape index (κ3) is 3.10. The van der Waals surface area contributed by atoms with Crippen LogP contribution in [0.1, 0.15) is 12.0 Å². The van der Waals surface area contributed by atoms with Gasteiger partial charge in [0.05, 0.1) is 5.56 Å². The van der Waals surface area contributed by atoms with Gasteiger partial charge in [-0.2, -0.15) is 13.2 Å². The summed E-state index contributed by atoms with van der Waals surface area (Å²) in [4.78, 5) is 19.3. The number of carbonyl (C=O) groups excluding carboxylic acids is 1. The van der Waals surface area contributed by atoms with Gasteiger partial charge >= 0.3 is 6.18 Å². The van der Waals surface area contributed by atoms with Crippen LogP contribution in [-0.2, 0) is 11.0 Å². The minimum absolute atomic E-state index is 0. The second kappa shape index (κ2) is 5.51. The van der Waals surface area contributed by atoms with Crippen molar-refractivity contribution in [3.05, 3.63) is 18.0 Å². The normalized spacial score (nSPS) is 15.8. The lowest BCUT2D eigenvalue weighted by atomic mass is 9.98. The summed E-state index contributed by atoms with van der Waals surface area (Å²) in [5, 5.41) is 0. The van der Waals surface area contributed by atoms with E-state index in [1.807, 2.05) is 0 Å². The van der Waals surface area contributed by atoms with E-state index in [0.717, 1.165) is 18.7 Å². The molecule has 1 fully saturated rings. The number of rotatable bonds is 3. The molecule has 18 heavy (non-hydrogen) atoms. The zero-order valence-corrected chi connectivity index (χ0v) is 10.0. The molecule has 0 aromatic carbocycles. The van der Waals surface area contributed by atoms with Crippen LogP contribution in [-0.4, -0.2) is 29.3 Å². The number of aldehydes is 1. The van der Waals surface area contributed by atoms with Gasteiger partial charge in [0.25, 0.3) is 0 Å². The summed E-state index contributed by atoms with van der Waals surface area (Å²) < 4.78 is 36.7. The monoisotopic (exact) mass is 281 g/mol. The molecule has 2 rings (SSSR count). The highest BCUT2D eigenvalue weighted by Crippen LogP contribution is 2.29. The van der Waals surface area contributed by atoms with E-state index in [1.165, 1.54) is 0 Å². The van der Waals surface area contributed by atoms with E-state index in [1.54, 1.807) is 4.90 Å². The van der Waals surface area contributed by atoms with Crippen molar-refractivity contribution in [2.24, 2.45) is 5.92 Å². The number of hydrogen-bond acceptors (Lipinski definition) is 4. The van der Waals surface area contributed by atoms with E-state index >= 15 is 0 Å². The number of nitrogens with zero attached hydrogens (tertiary/aromatic N) is 3. The lowest BCUT2D eigenvalue weighted by Crippen LogP contribution is -2.47. The molecule has 0 bridgehead atoms. The quantitative estimate of drug-likeness (QED) is 0.795. The van der Waals surface area contributed by atoms with Gasteiger partial charge in [-0.1, -0.05) is 0 Å². The molecule has 1 aliphatic heterocycles. The van der Waals surface area contributed by atoms with Crippen molar-refractivity contribution in [1.29, 1.82) is 0 Å². The van der Waals surface area contributed by atoms with Gasteiger partial charge in [0.1, 0.15) is 6.29 Å². The van der Waals surface area contributed by atoms with E-state index in [2.05, 4.69) is 9.97 Å². The Bertz CT molecular complexity index is 404. The Kier molecular flexibility index (Phi) is 4.50. The number of carbonyl (C=O) groups is 1. The molecule has 8 heteroatoms. The van der Waals surface area contributed by atoms with Crippen molar-refractivity contribution in [3.63, 3.8) is 0 Å². The first kappa shape index (κ1) is 14.7. The maximum Gasteiger partial charge on any atom is 0.419 e. The average Bonchev–Trinajstić information content (AvgIpc) is 2.22. The molecule has 1 saturated heterocycles. The molecule has 0 unspecified atom stereocenters. The third-order valence-corrected chi connectivity index (χ3v) is 2.64. The van der Waals surface area contributed by atoms with Crippen LogP contribution in [0.25, 0.3) is 0 Å². The van der Waals surface area contributed by atoms with Gasteiger partial charge in [0.2, 0.25) is 5.95 Å². The van der Waals surface area contributed by atoms with Crippen LogP contribution in [0.15, 0.2) is 12.4 Å². The highest BCUT2D eigenvalue weighted by Gasteiger charge is 2.33. The Morgan fingerprint density at radius 3 is 2.33 bits per heavy atom. The summed E-state index contributed by atoms with van der Waals surface area (Å²) in [6.45, 7) is 1.23. The van der Waals surface area contributed by atoms with Gasteiger partial charge in [-0.05, 0) is 0 Å². The fraction of sp³-hybridized carbons (Fsp3) is 0.500. The number of halogens is 4. The van der Waals surface area contributed by atoms with Gasteiger partial charge < -0.3 is 9.69 Å². The summed E-state index contributed by atoms with van der Waals surface area (Å²) in [6.07, 6.45) is -1.55. The van der Waals surface area contributed by atoms with Crippen LogP contribution in [0, 0.1) is 5.92 Å². The van der Waals surface area contributed by atoms with Crippen LogP contribution in [0.4, 0.5) is 19.1 Å². The highest BCUT2D eigenvalue weighted by atomic mass is 35.5. The number of alkyl halides is 3. The summed E-state index contributed by atoms with van der Waals surface area (Å²) >= 11 is 0. The molecule has 4 nitrogen and oxygen atoms in total. The standard InChI is InChI=1S/C10H10F3N3O.ClH/c11-10(12,13)8-3-14-9(15-4-8)16-5-7(6-16)1-2-17;/h2-4,7H,1,5-6H2;1H. The van der Waals surface area contributed by atoms with Gasteiger partial charge in [-0.3, -0.25) is 0 Å². The average molecular weight is 282 g/mol. The van der Waals surface area contributed by atoms with E-state index in [4.69, 9.17) is 0 Å². The second-order valence-corrected chi connectivity index (χ2v) is 3.94. The number of hydrogen-bond donors (Lipinski definition) is 0. The van der Waals surface area contributed by atoms with E-state index in [0.29, 0.717) is 19.5 Å². The third-order valence-electron chi connectivity index (χ3n) is 2.64. The van der Waals surface area contributed by atoms with Crippen molar-refractivity contribution < 1.29 is 18.0 Å². The van der Waals surface area contributed by atoms with E-state index in [9.17, 15) is 18.0 Å². The van der Waals surface area contributed by atoms with E-state index in [-0.39, 0.29) is 24.3 Å². The Balaban J connectivity index is 0.00000162. The van der Waals surface area contributed by atoms with Gasteiger partial charge in [-0.15, -0.1) is 12.4 Å². The first-order valence-corrected chi connectivity index (χ1v) is 5.08. The Hall–Kier alpha value is -1.37. The minimum atomic E-state index is -4.41. The fourth-order valence-corrected chi connectivity index (χ4v) is 1.65. The molecule has 100 valence electrons. The predicted octanol–water partition coefficient (Wildman–Crippen LogP) is 1.94. The molecule has 1 aliphatic rings. The Morgan fingerprint density at radius 2 is 1.89 bits per heavy atom. The van der Waals surface area contributed by atoms with Gasteiger partial charge in [-0.25, -0.2) is 9.97 Å². The van der Waals surface area contributed by atoms with Crippen molar-refractivity contribution in [1.82, 2.24) is 9.97 Å². The van der Waals surface area contributed by atoms with Crippen LogP contribution >= 0.6 is 12.4 Å². The van der Waals surface area contributed by atoms with Crippen molar-refractivity contribution in [2.45, 2.75) is 12.6 Å². The molecule has 1 aromatic rings. The smallest absolute Gasteiger partial charge is 0.340 e. The van der Waals surface area contributed by atoms with Crippen LogP contribution in [0.3, 0.4) is 0 Å². The number of anilines is 1. The molecule has 0 spiro atoms. The maximum absolute atomic E-state index is 12.2.